The maximum atomic E-state index is 12.2. The number of primary amides is 1. The van der Waals surface area contributed by atoms with Gasteiger partial charge in [0.05, 0.1) is 18.1 Å². The zero-order chi connectivity index (χ0) is 14.1. The van der Waals surface area contributed by atoms with E-state index in [0.29, 0.717) is 13.0 Å². The van der Waals surface area contributed by atoms with Crippen molar-refractivity contribution in [3.63, 3.8) is 0 Å². The van der Waals surface area contributed by atoms with E-state index in [9.17, 15) is 9.59 Å². The molecule has 104 valence electrons. The van der Waals surface area contributed by atoms with Gasteiger partial charge in [0.15, 0.2) is 0 Å². The zero-order valence-electron chi connectivity index (χ0n) is 12.1. The highest BCUT2D eigenvalue weighted by atomic mass is 16.2. The molecule has 2 amide bonds. The molecule has 0 aromatic heterocycles. The minimum atomic E-state index is -0.348. The smallest absolute Gasteiger partial charge is 0.237 e. The highest BCUT2D eigenvalue weighted by Crippen LogP contribution is 2.26. The molecule has 1 fully saturated rings. The third-order valence-electron chi connectivity index (χ3n) is 3.52. The van der Waals surface area contributed by atoms with Crippen LogP contribution in [0.15, 0.2) is 0 Å². The van der Waals surface area contributed by atoms with Crippen LogP contribution in [0.2, 0.25) is 0 Å². The van der Waals surface area contributed by atoms with E-state index in [-0.39, 0.29) is 36.0 Å². The minimum Gasteiger partial charge on any atom is -0.368 e. The summed E-state index contributed by atoms with van der Waals surface area (Å²) in [4.78, 5) is 27.5. The summed E-state index contributed by atoms with van der Waals surface area (Å²) < 4.78 is 0. The van der Waals surface area contributed by atoms with Gasteiger partial charge in [-0.2, -0.15) is 0 Å². The molecule has 0 aliphatic carbocycles. The quantitative estimate of drug-likeness (QED) is 0.799. The molecule has 0 saturated carbocycles. The predicted molar refractivity (Wildman–Crippen MR) is 70.9 cm³/mol. The van der Waals surface area contributed by atoms with Crippen molar-refractivity contribution >= 4 is 11.8 Å². The van der Waals surface area contributed by atoms with Gasteiger partial charge in [0.1, 0.15) is 0 Å². The highest BCUT2D eigenvalue weighted by molar-refractivity contribution is 5.83. The highest BCUT2D eigenvalue weighted by Gasteiger charge is 2.42. The normalized spacial score (nSPS) is 22.3. The third-order valence-corrected chi connectivity index (χ3v) is 3.52. The Balaban J connectivity index is 2.93. The SMILES string of the molecule is CC[C@@H](C(N)=O)N1CC(=O)N(C(C)C)C(C)(C)C1. The number of hydrogen-bond acceptors (Lipinski definition) is 3. The van der Waals surface area contributed by atoms with Crippen LogP contribution in [0.3, 0.4) is 0 Å². The first-order valence-corrected chi connectivity index (χ1v) is 6.56. The summed E-state index contributed by atoms with van der Waals surface area (Å²) in [6.07, 6.45) is 0.639. The van der Waals surface area contributed by atoms with Gasteiger partial charge >= 0.3 is 0 Å². The molecule has 1 aliphatic heterocycles. The van der Waals surface area contributed by atoms with Crippen LogP contribution in [-0.4, -0.2) is 52.3 Å². The molecule has 0 unspecified atom stereocenters. The van der Waals surface area contributed by atoms with Crippen molar-refractivity contribution in [3.8, 4) is 0 Å². The molecular weight excluding hydrogens is 230 g/mol. The first kappa shape index (κ1) is 15.0. The molecule has 1 aliphatic rings. The van der Waals surface area contributed by atoms with E-state index in [0.717, 1.165) is 0 Å². The molecule has 1 atom stereocenters. The van der Waals surface area contributed by atoms with Gasteiger partial charge in [-0.3, -0.25) is 14.5 Å². The number of nitrogens with two attached hydrogens (primary N) is 1. The second-order valence-electron chi connectivity index (χ2n) is 5.90. The molecule has 0 aromatic carbocycles. The van der Waals surface area contributed by atoms with E-state index in [1.807, 2.05) is 44.4 Å². The van der Waals surface area contributed by atoms with Crippen molar-refractivity contribution in [1.82, 2.24) is 9.80 Å². The molecule has 1 heterocycles. The standard InChI is InChI=1S/C13H25N3O2/c1-6-10(12(14)18)15-7-11(17)16(9(2)3)13(4,5)8-15/h9-10H,6-8H2,1-5H3,(H2,14,18)/t10-/m0/s1. The molecule has 1 saturated heterocycles. The van der Waals surface area contributed by atoms with E-state index in [1.54, 1.807) is 0 Å². The maximum Gasteiger partial charge on any atom is 0.237 e. The monoisotopic (exact) mass is 255 g/mol. The Labute approximate surface area is 109 Å². The van der Waals surface area contributed by atoms with Crippen molar-refractivity contribution in [2.45, 2.75) is 58.7 Å². The Bertz CT molecular complexity index is 339. The largest absolute Gasteiger partial charge is 0.368 e. The van der Waals surface area contributed by atoms with E-state index in [4.69, 9.17) is 5.73 Å². The van der Waals surface area contributed by atoms with Crippen molar-refractivity contribution in [3.05, 3.63) is 0 Å². The van der Waals surface area contributed by atoms with Crippen molar-refractivity contribution < 1.29 is 9.59 Å². The second kappa shape index (κ2) is 5.26. The third kappa shape index (κ3) is 2.83. The van der Waals surface area contributed by atoms with Gasteiger partial charge < -0.3 is 10.6 Å². The van der Waals surface area contributed by atoms with Crippen LogP contribution in [0, 0.1) is 0 Å². The van der Waals surface area contributed by atoms with Crippen LogP contribution in [0.1, 0.15) is 41.0 Å². The summed E-state index contributed by atoms with van der Waals surface area (Å²) in [7, 11) is 0. The van der Waals surface area contributed by atoms with Gasteiger partial charge in [-0.15, -0.1) is 0 Å². The number of carbonyl (C=O) groups excluding carboxylic acids is 2. The van der Waals surface area contributed by atoms with Crippen LogP contribution < -0.4 is 5.73 Å². The average molecular weight is 255 g/mol. The summed E-state index contributed by atoms with van der Waals surface area (Å²) in [6, 6.07) is -0.175. The second-order valence-corrected chi connectivity index (χ2v) is 5.90. The van der Waals surface area contributed by atoms with Gasteiger partial charge in [-0.05, 0) is 34.1 Å². The molecule has 1 rings (SSSR count). The summed E-state index contributed by atoms with van der Waals surface area (Å²) in [5.41, 5.74) is 5.13. The molecule has 0 radical (unpaired) electrons. The first-order chi connectivity index (χ1) is 8.20. The molecule has 0 aromatic rings. The fourth-order valence-electron chi connectivity index (χ4n) is 3.06. The van der Waals surface area contributed by atoms with Gasteiger partial charge in [-0.25, -0.2) is 0 Å². The number of nitrogens with zero attached hydrogens (tertiary/aromatic N) is 2. The Morgan fingerprint density at radius 3 is 2.33 bits per heavy atom. The summed E-state index contributed by atoms with van der Waals surface area (Å²) in [5, 5.41) is 0. The van der Waals surface area contributed by atoms with E-state index in [1.165, 1.54) is 0 Å². The molecule has 18 heavy (non-hydrogen) atoms. The van der Waals surface area contributed by atoms with Gasteiger partial charge in [0.25, 0.3) is 0 Å². The van der Waals surface area contributed by atoms with E-state index < -0.39 is 0 Å². The van der Waals surface area contributed by atoms with E-state index >= 15 is 0 Å². The molecular formula is C13H25N3O2. The lowest BCUT2D eigenvalue weighted by molar-refractivity contribution is -0.150. The van der Waals surface area contributed by atoms with Crippen LogP contribution in [0.4, 0.5) is 0 Å². The van der Waals surface area contributed by atoms with Crippen molar-refractivity contribution in [2.75, 3.05) is 13.1 Å². The van der Waals surface area contributed by atoms with E-state index in [2.05, 4.69) is 0 Å². The number of rotatable bonds is 4. The maximum absolute atomic E-state index is 12.2. The number of piperazine rings is 1. The Hall–Kier alpha value is -1.10. The first-order valence-electron chi connectivity index (χ1n) is 6.56. The summed E-state index contributed by atoms with van der Waals surface area (Å²) in [6.45, 7) is 11.0. The summed E-state index contributed by atoms with van der Waals surface area (Å²) in [5.74, 6) is -0.278. The van der Waals surface area contributed by atoms with Gasteiger partial charge in [0, 0.05) is 12.6 Å². The Morgan fingerprint density at radius 1 is 1.44 bits per heavy atom. The fourth-order valence-corrected chi connectivity index (χ4v) is 3.06. The number of hydrogen-bond donors (Lipinski definition) is 1. The zero-order valence-corrected chi connectivity index (χ0v) is 12.1. The van der Waals surface area contributed by atoms with Crippen LogP contribution >= 0.6 is 0 Å². The topological polar surface area (TPSA) is 66.6 Å². The lowest BCUT2D eigenvalue weighted by atomic mass is 9.94. The van der Waals surface area contributed by atoms with Gasteiger partial charge in [-0.1, -0.05) is 6.92 Å². The van der Waals surface area contributed by atoms with Crippen molar-refractivity contribution in [2.24, 2.45) is 5.73 Å². The Morgan fingerprint density at radius 2 is 2.00 bits per heavy atom. The van der Waals surface area contributed by atoms with Crippen LogP contribution in [0.25, 0.3) is 0 Å². The number of carbonyl (C=O) groups is 2. The Kier molecular flexibility index (Phi) is 4.37. The molecule has 2 N–H and O–H groups in total. The predicted octanol–water partition coefficient (Wildman–Crippen LogP) is 0.582. The molecule has 0 spiro atoms. The lowest BCUT2D eigenvalue weighted by Crippen LogP contribution is -2.66. The molecule has 5 heteroatoms. The van der Waals surface area contributed by atoms with Crippen molar-refractivity contribution in [1.29, 1.82) is 0 Å². The van der Waals surface area contributed by atoms with Gasteiger partial charge in [0.2, 0.25) is 11.8 Å². The molecule has 0 bridgehead atoms. The summed E-state index contributed by atoms with van der Waals surface area (Å²) >= 11 is 0. The number of amides is 2. The fraction of sp³-hybridized carbons (Fsp3) is 0.846. The minimum absolute atomic E-state index is 0.0703. The lowest BCUT2D eigenvalue weighted by Gasteiger charge is -2.50. The average Bonchev–Trinajstić information content (AvgIpc) is 2.13. The van der Waals surface area contributed by atoms with Crippen LogP contribution in [0.5, 0.6) is 0 Å². The van der Waals surface area contributed by atoms with Crippen LogP contribution in [-0.2, 0) is 9.59 Å². The molecule has 5 nitrogen and oxygen atoms in total.